The lowest BCUT2D eigenvalue weighted by atomic mass is 9.79. The van der Waals surface area contributed by atoms with Crippen molar-refractivity contribution < 1.29 is 9.84 Å². The second kappa shape index (κ2) is 8.88. The number of benzene rings is 3. The summed E-state index contributed by atoms with van der Waals surface area (Å²) in [6, 6.07) is 21.6. The summed E-state index contributed by atoms with van der Waals surface area (Å²) >= 11 is 0. The summed E-state index contributed by atoms with van der Waals surface area (Å²) in [4.78, 5) is 0. The first-order valence-corrected chi connectivity index (χ1v) is 11.4. The molecule has 2 heteroatoms. The molecule has 0 aliphatic heterocycles. The van der Waals surface area contributed by atoms with E-state index in [1.54, 1.807) is 7.11 Å². The van der Waals surface area contributed by atoms with E-state index in [4.69, 9.17) is 4.74 Å². The fourth-order valence-electron chi connectivity index (χ4n) is 4.69. The smallest absolute Gasteiger partial charge is 0.119 e. The Bertz CT molecular complexity index is 997. The van der Waals surface area contributed by atoms with Crippen LogP contribution in [0.3, 0.4) is 0 Å². The number of hydrogen-bond donors (Lipinski definition) is 1. The van der Waals surface area contributed by atoms with Gasteiger partial charge in [0.1, 0.15) is 5.75 Å². The number of rotatable bonds is 4. The van der Waals surface area contributed by atoms with Gasteiger partial charge in [-0.15, -0.1) is 0 Å². The van der Waals surface area contributed by atoms with Crippen LogP contribution in [-0.4, -0.2) is 12.2 Å². The van der Waals surface area contributed by atoms with Crippen LogP contribution >= 0.6 is 0 Å². The van der Waals surface area contributed by atoms with Crippen molar-refractivity contribution in [2.24, 2.45) is 0 Å². The van der Waals surface area contributed by atoms with E-state index in [1.807, 2.05) is 18.2 Å². The van der Waals surface area contributed by atoms with Crippen molar-refractivity contribution in [1.29, 1.82) is 0 Å². The van der Waals surface area contributed by atoms with Gasteiger partial charge >= 0.3 is 0 Å². The minimum Gasteiger partial charge on any atom is -0.497 e. The van der Waals surface area contributed by atoms with Gasteiger partial charge < -0.3 is 9.84 Å². The molecule has 2 nitrogen and oxygen atoms in total. The van der Waals surface area contributed by atoms with Crippen molar-refractivity contribution in [3.05, 3.63) is 99.6 Å². The number of aliphatic hydroxyl groups is 1. The van der Waals surface area contributed by atoms with E-state index in [9.17, 15) is 5.11 Å². The molecule has 0 fully saturated rings. The molecule has 0 heterocycles. The maximum atomic E-state index is 11.4. The van der Waals surface area contributed by atoms with Crippen LogP contribution in [0.1, 0.15) is 65.8 Å². The Morgan fingerprint density at radius 2 is 1.42 bits per heavy atom. The van der Waals surface area contributed by atoms with Crippen LogP contribution in [0.4, 0.5) is 0 Å². The zero-order valence-corrected chi connectivity index (χ0v) is 19.2. The summed E-state index contributed by atoms with van der Waals surface area (Å²) in [5.41, 5.74) is 8.95. The Hall–Kier alpha value is -2.58. The van der Waals surface area contributed by atoms with Crippen LogP contribution in [-0.2, 0) is 37.5 Å². The van der Waals surface area contributed by atoms with Gasteiger partial charge in [0.25, 0.3) is 0 Å². The van der Waals surface area contributed by atoms with E-state index in [0.29, 0.717) is 6.42 Å². The van der Waals surface area contributed by atoms with Crippen molar-refractivity contribution in [2.45, 2.75) is 64.4 Å². The number of hydrogen-bond acceptors (Lipinski definition) is 2. The average molecular weight is 415 g/mol. The maximum Gasteiger partial charge on any atom is 0.119 e. The molecule has 4 bridgehead atoms. The highest BCUT2D eigenvalue weighted by molar-refractivity contribution is 5.46. The molecule has 0 amide bonds. The van der Waals surface area contributed by atoms with Crippen molar-refractivity contribution in [2.75, 3.05) is 7.11 Å². The SMILES string of the molecule is COc1cc2cc(c1)CCc1cc(C(C)(C)C)cc(c1C(O)Cc1ccccc1)CC2. The topological polar surface area (TPSA) is 29.5 Å². The third kappa shape index (κ3) is 5.02. The molecule has 4 rings (SSSR count). The fraction of sp³-hybridized carbons (Fsp3) is 0.379. The highest BCUT2D eigenvalue weighted by Crippen LogP contribution is 2.34. The van der Waals surface area contributed by atoms with Crippen molar-refractivity contribution in [3.63, 3.8) is 0 Å². The molecular weight excluding hydrogens is 380 g/mol. The van der Waals surface area contributed by atoms with E-state index in [1.165, 1.54) is 33.4 Å². The average Bonchev–Trinajstić information content (AvgIpc) is 2.75. The zero-order chi connectivity index (χ0) is 22.0. The summed E-state index contributed by atoms with van der Waals surface area (Å²) < 4.78 is 5.54. The van der Waals surface area contributed by atoms with Gasteiger partial charge in [0.05, 0.1) is 13.2 Å². The first-order valence-electron chi connectivity index (χ1n) is 11.4. The van der Waals surface area contributed by atoms with Gasteiger partial charge in [-0.2, -0.15) is 0 Å². The monoisotopic (exact) mass is 414 g/mol. The first kappa shape index (κ1) is 21.6. The second-order valence-corrected chi connectivity index (χ2v) is 9.85. The van der Waals surface area contributed by atoms with Gasteiger partial charge in [0, 0.05) is 6.42 Å². The minimum atomic E-state index is -0.492. The highest BCUT2D eigenvalue weighted by atomic mass is 16.5. The predicted octanol–water partition coefficient (Wildman–Crippen LogP) is 6.15. The van der Waals surface area contributed by atoms with Gasteiger partial charge in [-0.25, -0.2) is 0 Å². The Kier molecular flexibility index (Phi) is 6.20. The van der Waals surface area contributed by atoms with Crippen LogP contribution in [0.5, 0.6) is 5.75 Å². The molecule has 0 saturated heterocycles. The zero-order valence-electron chi connectivity index (χ0n) is 19.2. The van der Waals surface area contributed by atoms with Crippen LogP contribution in [0.25, 0.3) is 0 Å². The normalized spacial score (nSPS) is 14.7. The second-order valence-electron chi connectivity index (χ2n) is 9.85. The number of aliphatic hydroxyl groups excluding tert-OH is 1. The van der Waals surface area contributed by atoms with Gasteiger partial charge in [0.2, 0.25) is 0 Å². The molecule has 3 aromatic carbocycles. The van der Waals surface area contributed by atoms with Gasteiger partial charge in [-0.05, 0) is 82.2 Å². The van der Waals surface area contributed by atoms with Gasteiger partial charge in [-0.3, -0.25) is 0 Å². The number of fused-ring (bicyclic) bond motifs is 4. The Labute approximate surface area is 186 Å². The summed E-state index contributed by atoms with van der Waals surface area (Å²) in [7, 11) is 1.74. The fourth-order valence-corrected chi connectivity index (χ4v) is 4.69. The van der Waals surface area contributed by atoms with Crippen molar-refractivity contribution in [1.82, 2.24) is 0 Å². The molecule has 1 atom stereocenters. The number of methoxy groups -OCH3 is 1. The van der Waals surface area contributed by atoms with E-state index in [-0.39, 0.29) is 5.41 Å². The Balaban J connectivity index is 1.78. The summed E-state index contributed by atoms with van der Waals surface area (Å²) in [5, 5.41) is 11.4. The first-order chi connectivity index (χ1) is 14.8. The summed E-state index contributed by atoms with van der Waals surface area (Å²) in [6.45, 7) is 6.82. The van der Waals surface area contributed by atoms with E-state index in [2.05, 4.69) is 63.2 Å². The van der Waals surface area contributed by atoms with E-state index in [0.717, 1.165) is 37.0 Å². The molecule has 31 heavy (non-hydrogen) atoms. The third-order valence-corrected chi connectivity index (χ3v) is 6.45. The lowest BCUT2D eigenvalue weighted by Crippen LogP contribution is -2.17. The lowest BCUT2D eigenvalue weighted by molar-refractivity contribution is 0.176. The molecule has 0 saturated carbocycles. The van der Waals surface area contributed by atoms with Gasteiger partial charge in [-0.1, -0.05) is 69.3 Å². The standard InChI is InChI=1S/C29H34O2/c1-29(2,3)25-18-23-12-10-21-14-22(16-26(15-21)31-4)11-13-24(19-25)28(23)27(30)17-20-8-6-5-7-9-20/h5-9,14-16,18-19,27,30H,10-13,17H2,1-4H3. The molecular formula is C29H34O2. The Morgan fingerprint density at radius 1 is 0.839 bits per heavy atom. The molecule has 1 aliphatic carbocycles. The quantitative estimate of drug-likeness (QED) is 0.555. The minimum absolute atomic E-state index is 0.0774. The van der Waals surface area contributed by atoms with Crippen molar-refractivity contribution >= 4 is 0 Å². The third-order valence-electron chi connectivity index (χ3n) is 6.45. The van der Waals surface area contributed by atoms with Crippen LogP contribution in [0.15, 0.2) is 60.7 Å². The molecule has 3 aromatic rings. The predicted molar refractivity (Wildman–Crippen MR) is 128 cm³/mol. The molecule has 0 radical (unpaired) electrons. The lowest BCUT2D eigenvalue weighted by Gasteiger charge is -2.27. The Morgan fingerprint density at radius 3 is 1.94 bits per heavy atom. The molecule has 1 aliphatic rings. The van der Waals surface area contributed by atoms with Crippen molar-refractivity contribution in [3.8, 4) is 5.75 Å². The molecule has 162 valence electrons. The molecule has 1 unspecified atom stereocenters. The summed E-state index contributed by atoms with van der Waals surface area (Å²) in [5.74, 6) is 0.941. The molecule has 0 spiro atoms. The highest BCUT2D eigenvalue weighted by Gasteiger charge is 2.23. The van der Waals surface area contributed by atoms with E-state index >= 15 is 0 Å². The molecule has 1 N–H and O–H groups in total. The van der Waals surface area contributed by atoms with Crippen LogP contribution in [0.2, 0.25) is 0 Å². The molecule has 0 aromatic heterocycles. The largest absolute Gasteiger partial charge is 0.497 e. The van der Waals surface area contributed by atoms with Crippen LogP contribution < -0.4 is 4.74 Å². The maximum absolute atomic E-state index is 11.4. The number of ether oxygens (including phenoxy) is 1. The van der Waals surface area contributed by atoms with E-state index < -0.39 is 6.10 Å². The van der Waals surface area contributed by atoms with Gasteiger partial charge in [0.15, 0.2) is 0 Å². The summed E-state index contributed by atoms with van der Waals surface area (Å²) in [6.07, 6.45) is 3.89. The van der Waals surface area contributed by atoms with Crippen LogP contribution in [0, 0.1) is 0 Å². The number of aryl methyl sites for hydroxylation is 4.